The van der Waals surface area contributed by atoms with Gasteiger partial charge in [-0.05, 0) is 17.0 Å². The molecule has 0 saturated heterocycles. The SMILES string of the molecule is NCC(C(=O)NC(C(=O)O)c1cccs1)c1ccccc1. The Bertz CT molecular complexity index is 599. The maximum absolute atomic E-state index is 12.3. The molecule has 0 aliphatic rings. The van der Waals surface area contributed by atoms with E-state index in [2.05, 4.69) is 5.32 Å². The van der Waals surface area contributed by atoms with E-state index in [0.717, 1.165) is 5.56 Å². The molecule has 0 aliphatic carbocycles. The highest BCUT2D eigenvalue weighted by Gasteiger charge is 2.27. The first-order valence-electron chi connectivity index (χ1n) is 6.45. The van der Waals surface area contributed by atoms with Gasteiger partial charge in [-0.3, -0.25) is 4.79 Å². The lowest BCUT2D eigenvalue weighted by Crippen LogP contribution is -2.38. The fourth-order valence-corrected chi connectivity index (χ4v) is 2.80. The predicted molar refractivity (Wildman–Crippen MR) is 81.1 cm³/mol. The number of rotatable bonds is 6. The van der Waals surface area contributed by atoms with Crippen molar-refractivity contribution in [3.63, 3.8) is 0 Å². The van der Waals surface area contributed by atoms with Gasteiger partial charge >= 0.3 is 5.97 Å². The quantitative estimate of drug-likeness (QED) is 0.758. The number of carbonyl (C=O) groups excluding carboxylic acids is 1. The standard InChI is InChI=1S/C15H16N2O3S/c16-9-11(10-5-2-1-3-6-10)14(18)17-13(15(19)20)12-7-4-8-21-12/h1-8,11,13H,9,16H2,(H,17,18)(H,19,20). The Balaban J connectivity index is 2.16. The third-order valence-electron chi connectivity index (χ3n) is 3.12. The molecule has 6 heteroatoms. The first kappa shape index (κ1) is 15.2. The first-order chi connectivity index (χ1) is 10.1. The molecular formula is C15H16N2O3S. The molecule has 1 heterocycles. The Morgan fingerprint density at radius 2 is 1.90 bits per heavy atom. The number of carboxylic acid groups (broad SMARTS) is 1. The highest BCUT2D eigenvalue weighted by atomic mass is 32.1. The normalized spacial score (nSPS) is 13.4. The van der Waals surface area contributed by atoms with E-state index in [0.29, 0.717) is 4.88 Å². The van der Waals surface area contributed by atoms with Gasteiger partial charge in [0.1, 0.15) is 0 Å². The highest BCUT2D eigenvalue weighted by molar-refractivity contribution is 7.10. The number of hydrogen-bond donors (Lipinski definition) is 3. The van der Waals surface area contributed by atoms with Crippen molar-refractivity contribution in [1.82, 2.24) is 5.32 Å². The fraction of sp³-hybridized carbons (Fsp3) is 0.200. The summed E-state index contributed by atoms with van der Waals surface area (Å²) in [6.07, 6.45) is 0. The minimum absolute atomic E-state index is 0.118. The second-order valence-corrected chi connectivity index (χ2v) is 5.47. The number of thiophene rings is 1. The van der Waals surface area contributed by atoms with Gasteiger partial charge in [0.25, 0.3) is 0 Å². The predicted octanol–water partition coefficient (Wildman–Crippen LogP) is 1.73. The second kappa shape index (κ2) is 7.01. The lowest BCUT2D eigenvalue weighted by Gasteiger charge is -2.19. The number of aliphatic carboxylic acids is 1. The van der Waals surface area contributed by atoms with Crippen LogP contribution in [0, 0.1) is 0 Å². The molecule has 2 unspecified atom stereocenters. The van der Waals surface area contributed by atoms with Gasteiger partial charge in [-0.25, -0.2) is 4.79 Å². The molecule has 110 valence electrons. The molecule has 2 aromatic rings. The van der Waals surface area contributed by atoms with Gasteiger partial charge in [-0.15, -0.1) is 11.3 Å². The summed E-state index contributed by atoms with van der Waals surface area (Å²) in [5.74, 6) is -2.04. The van der Waals surface area contributed by atoms with Crippen LogP contribution in [-0.2, 0) is 9.59 Å². The zero-order chi connectivity index (χ0) is 15.2. The van der Waals surface area contributed by atoms with E-state index in [1.807, 2.05) is 18.2 Å². The van der Waals surface area contributed by atoms with Crippen molar-refractivity contribution in [2.75, 3.05) is 6.54 Å². The van der Waals surface area contributed by atoms with Gasteiger partial charge in [0.15, 0.2) is 6.04 Å². The number of carbonyl (C=O) groups is 2. The lowest BCUT2D eigenvalue weighted by molar-refractivity contribution is -0.142. The minimum atomic E-state index is -1.09. The van der Waals surface area contributed by atoms with Crippen molar-refractivity contribution in [3.05, 3.63) is 58.3 Å². The molecule has 5 nitrogen and oxygen atoms in total. The van der Waals surface area contributed by atoms with Crippen LogP contribution in [0.15, 0.2) is 47.8 Å². The van der Waals surface area contributed by atoms with E-state index in [1.165, 1.54) is 11.3 Å². The van der Waals surface area contributed by atoms with E-state index in [1.54, 1.807) is 29.6 Å². The molecule has 2 atom stereocenters. The lowest BCUT2D eigenvalue weighted by atomic mass is 9.98. The minimum Gasteiger partial charge on any atom is -0.479 e. The summed E-state index contributed by atoms with van der Waals surface area (Å²) < 4.78 is 0. The molecule has 0 radical (unpaired) electrons. The number of hydrogen-bond acceptors (Lipinski definition) is 4. The molecule has 21 heavy (non-hydrogen) atoms. The van der Waals surface area contributed by atoms with Crippen molar-refractivity contribution < 1.29 is 14.7 Å². The van der Waals surface area contributed by atoms with Gasteiger partial charge in [0.2, 0.25) is 5.91 Å². The maximum Gasteiger partial charge on any atom is 0.331 e. The molecule has 2 rings (SSSR count). The molecule has 4 N–H and O–H groups in total. The van der Waals surface area contributed by atoms with Crippen LogP contribution < -0.4 is 11.1 Å². The van der Waals surface area contributed by atoms with Crippen LogP contribution in [0.3, 0.4) is 0 Å². The maximum atomic E-state index is 12.3. The summed E-state index contributed by atoms with van der Waals surface area (Å²) in [7, 11) is 0. The van der Waals surface area contributed by atoms with Crippen LogP contribution in [-0.4, -0.2) is 23.5 Å². The molecule has 1 aromatic carbocycles. The van der Waals surface area contributed by atoms with Crippen molar-refractivity contribution in [3.8, 4) is 0 Å². The van der Waals surface area contributed by atoms with Crippen molar-refractivity contribution in [2.24, 2.45) is 5.73 Å². The van der Waals surface area contributed by atoms with Crippen LogP contribution >= 0.6 is 11.3 Å². The number of nitrogens with one attached hydrogen (secondary N) is 1. The van der Waals surface area contributed by atoms with Gasteiger partial charge in [0.05, 0.1) is 5.92 Å². The summed E-state index contributed by atoms with van der Waals surface area (Å²) in [6.45, 7) is 0.118. The Hall–Kier alpha value is -2.18. The molecular weight excluding hydrogens is 288 g/mol. The zero-order valence-corrected chi connectivity index (χ0v) is 12.0. The smallest absolute Gasteiger partial charge is 0.331 e. The number of amides is 1. The summed E-state index contributed by atoms with van der Waals surface area (Å²) in [5.41, 5.74) is 6.44. The first-order valence-corrected chi connectivity index (χ1v) is 7.33. The molecule has 1 aromatic heterocycles. The molecule has 0 saturated carbocycles. The van der Waals surface area contributed by atoms with Gasteiger partial charge in [0, 0.05) is 11.4 Å². The van der Waals surface area contributed by atoms with E-state index in [9.17, 15) is 14.7 Å². The van der Waals surface area contributed by atoms with Gasteiger partial charge in [-0.1, -0.05) is 36.4 Å². The van der Waals surface area contributed by atoms with Crippen molar-refractivity contribution in [1.29, 1.82) is 0 Å². The van der Waals surface area contributed by atoms with E-state index >= 15 is 0 Å². The van der Waals surface area contributed by atoms with Crippen molar-refractivity contribution in [2.45, 2.75) is 12.0 Å². The Morgan fingerprint density at radius 1 is 1.19 bits per heavy atom. The largest absolute Gasteiger partial charge is 0.479 e. The van der Waals surface area contributed by atoms with E-state index in [4.69, 9.17) is 5.73 Å². The molecule has 0 aliphatic heterocycles. The zero-order valence-electron chi connectivity index (χ0n) is 11.2. The second-order valence-electron chi connectivity index (χ2n) is 4.49. The van der Waals surface area contributed by atoms with Crippen LogP contribution in [0.2, 0.25) is 0 Å². The summed E-state index contributed by atoms with van der Waals surface area (Å²) >= 11 is 1.29. The van der Waals surface area contributed by atoms with Crippen molar-refractivity contribution >= 4 is 23.2 Å². The monoisotopic (exact) mass is 304 g/mol. The Morgan fingerprint density at radius 3 is 2.43 bits per heavy atom. The van der Waals surface area contributed by atoms with E-state index in [-0.39, 0.29) is 12.5 Å². The number of carboxylic acids is 1. The van der Waals surface area contributed by atoms with Crippen LogP contribution in [0.1, 0.15) is 22.4 Å². The average molecular weight is 304 g/mol. The third-order valence-corrected chi connectivity index (χ3v) is 4.05. The Labute approximate surface area is 126 Å². The average Bonchev–Trinajstić information content (AvgIpc) is 3.00. The fourth-order valence-electron chi connectivity index (χ4n) is 2.03. The summed E-state index contributed by atoms with van der Waals surface area (Å²) in [6, 6.07) is 11.5. The van der Waals surface area contributed by atoms with Crippen LogP contribution in [0.4, 0.5) is 0 Å². The molecule has 0 spiro atoms. The molecule has 1 amide bonds. The highest BCUT2D eigenvalue weighted by Crippen LogP contribution is 2.21. The summed E-state index contributed by atoms with van der Waals surface area (Å²) in [5, 5.41) is 13.6. The molecule has 0 fully saturated rings. The van der Waals surface area contributed by atoms with E-state index < -0.39 is 17.9 Å². The van der Waals surface area contributed by atoms with Crippen LogP contribution in [0.25, 0.3) is 0 Å². The van der Waals surface area contributed by atoms with Crippen LogP contribution in [0.5, 0.6) is 0 Å². The Kier molecular flexibility index (Phi) is 5.08. The topological polar surface area (TPSA) is 92.4 Å². The number of nitrogens with two attached hydrogens (primary N) is 1. The van der Waals surface area contributed by atoms with Gasteiger partial charge in [-0.2, -0.15) is 0 Å². The number of benzene rings is 1. The molecule has 0 bridgehead atoms. The van der Waals surface area contributed by atoms with Gasteiger partial charge < -0.3 is 16.2 Å². The third kappa shape index (κ3) is 3.68. The summed E-state index contributed by atoms with van der Waals surface area (Å²) in [4.78, 5) is 24.3.